The maximum atomic E-state index is 8.93. The molecule has 0 saturated carbocycles. The van der Waals surface area contributed by atoms with Crippen molar-refractivity contribution in [2.24, 2.45) is 0 Å². The highest BCUT2D eigenvalue weighted by Crippen LogP contribution is 2.19. The first-order valence-corrected chi connectivity index (χ1v) is 4.82. The van der Waals surface area contributed by atoms with E-state index in [1.54, 1.807) is 24.3 Å². The summed E-state index contributed by atoms with van der Waals surface area (Å²) in [6, 6.07) is 11.0. The summed E-state index contributed by atoms with van der Waals surface area (Å²) in [6.45, 7) is 0. The fraction of sp³-hybridized carbons (Fsp3) is 0. The van der Waals surface area contributed by atoms with Gasteiger partial charge in [0, 0.05) is 12.4 Å². The number of nitrogens with one attached hydrogen (secondary N) is 1. The Labute approximate surface area is 98.0 Å². The first kappa shape index (κ1) is 10.6. The summed E-state index contributed by atoms with van der Waals surface area (Å²) in [5.41, 5.74) is 1.29. The molecule has 5 nitrogen and oxygen atoms in total. The quantitative estimate of drug-likeness (QED) is 0.837. The first-order valence-electron chi connectivity index (χ1n) is 4.82. The van der Waals surface area contributed by atoms with Crippen LogP contribution in [0.15, 0.2) is 36.7 Å². The fourth-order valence-corrected chi connectivity index (χ4v) is 1.33. The molecule has 80 valence electrons. The third-order valence-electron chi connectivity index (χ3n) is 2.10. The highest BCUT2D eigenvalue weighted by atomic mass is 15.0. The summed E-state index contributed by atoms with van der Waals surface area (Å²) in [7, 11) is 0. The van der Waals surface area contributed by atoms with Gasteiger partial charge in [0.05, 0.1) is 11.3 Å². The molecule has 5 heteroatoms. The van der Waals surface area contributed by atoms with Crippen molar-refractivity contribution in [3.05, 3.63) is 47.9 Å². The van der Waals surface area contributed by atoms with Crippen LogP contribution in [-0.2, 0) is 0 Å². The van der Waals surface area contributed by atoms with Gasteiger partial charge in [-0.15, -0.1) is 0 Å². The second-order valence-electron chi connectivity index (χ2n) is 3.15. The van der Waals surface area contributed by atoms with Crippen LogP contribution < -0.4 is 5.32 Å². The predicted molar refractivity (Wildman–Crippen MR) is 61.2 cm³/mol. The summed E-state index contributed by atoms with van der Waals surface area (Å²) in [4.78, 5) is 7.89. The highest BCUT2D eigenvalue weighted by molar-refractivity contribution is 5.66. The molecule has 1 heterocycles. The number of aromatic nitrogens is 2. The monoisotopic (exact) mass is 221 g/mol. The van der Waals surface area contributed by atoms with Crippen LogP contribution in [-0.4, -0.2) is 9.97 Å². The van der Waals surface area contributed by atoms with E-state index in [1.807, 2.05) is 6.07 Å². The number of benzene rings is 1. The van der Waals surface area contributed by atoms with E-state index in [4.69, 9.17) is 10.5 Å². The Morgan fingerprint density at radius 3 is 2.53 bits per heavy atom. The van der Waals surface area contributed by atoms with Crippen molar-refractivity contribution in [2.45, 2.75) is 0 Å². The lowest BCUT2D eigenvalue weighted by Gasteiger charge is -2.07. The van der Waals surface area contributed by atoms with E-state index in [9.17, 15) is 0 Å². The van der Waals surface area contributed by atoms with Crippen LogP contribution >= 0.6 is 0 Å². The van der Waals surface area contributed by atoms with E-state index in [0.29, 0.717) is 17.1 Å². The second kappa shape index (κ2) is 4.73. The molecule has 0 amide bonds. The van der Waals surface area contributed by atoms with Gasteiger partial charge in [0.25, 0.3) is 0 Å². The fourth-order valence-electron chi connectivity index (χ4n) is 1.33. The first-order chi connectivity index (χ1) is 8.35. The molecule has 17 heavy (non-hydrogen) atoms. The minimum Gasteiger partial charge on any atom is -0.337 e. The summed E-state index contributed by atoms with van der Waals surface area (Å²) in [5, 5.41) is 20.7. The number of hydrogen-bond acceptors (Lipinski definition) is 5. The maximum absolute atomic E-state index is 8.93. The molecule has 0 spiro atoms. The minimum absolute atomic E-state index is 0.195. The highest BCUT2D eigenvalue weighted by Gasteiger charge is 2.06. The van der Waals surface area contributed by atoms with E-state index >= 15 is 0 Å². The zero-order valence-corrected chi connectivity index (χ0v) is 8.75. The molecule has 0 radical (unpaired) electrons. The van der Waals surface area contributed by atoms with Crippen molar-refractivity contribution >= 4 is 11.5 Å². The van der Waals surface area contributed by atoms with E-state index in [2.05, 4.69) is 21.4 Å². The van der Waals surface area contributed by atoms with Gasteiger partial charge in [0.1, 0.15) is 12.1 Å². The molecule has 0 atom stereocenters. The Morgan fingerprint density at radius 1 is 1.00 bits per heavy atom. The molecule has 1 aromatic heterocycles. The molecule has 2 aromatic rings. The third kappa shape index (κ3) is 2.19. The normalized spacial score (nSPS) is 9.06. The maximum Gasteiger partial charge on any atom is 0.183 e. The molecule has 0 saturated heterocycles. The Balaban J connectivity index is 2.40. The van der Waals surface area contributed by atoms with E-state index in [-0.39, 0.29) is 5.69 Å². The number of anilines is 2. The molecule has 1 aromatic carbocycles. The van der Waals surface area contributed by atoms with E-state index in [0.717, 1.165) is 0 Å². The summed E-state index contributed by atoms with van der Waals surface area (Å²) >= 11 is 0. The van der Waals surface area contributed by atoms with Crippen LogP contribution in [0.3, 0.4) is 0 Å². The standard InChI is InChI=1S/C12H7N5/c13-7-9-3-1-2-4-10(9)17-12-11(8-14)15-5-6-16-12/h1-6H,(H,16,17). The zero-order chi connectivity index (χ0) is 12.1. The molecule has 2 rings (SSSR count). The van der Waals surface area contributed by atoms with Crippen LogP contribution in [0, 0.1) is 22.7 Å². The second-order valence-corrected chi connectivity index (χ2v) is 3.15. The molecular weight excluding hydrogens is 214 g/mol. The summed E-state index contributed by atoms with van der Waals surface area (Å²) in [6.07, 6.45) is 2.93. The molecule has 0 unspecified atom stereocenters. The van der Waals surface area contributed by atoms with Gasteiger partial charge in [-0.1, -0.05) is 12.1 Å². The summed E-state index contributed by atoms with van der Waals surface area (Å²) in [5.74, 6) is 0.345. The van der Waals surface area contributed by atoms with Gasteiger partial charge >= 0.3 is 0 Å². The van der Waals surface area contributed by atoms with Crippen LogP contribution in [0.5, 0.6) is 0 Å². The van der Waals surface area contributed by atoms with Gasteiger partial charge in [0.2, 0.25) is 0 Å². The summed E-state index contributed by atoms with van der Waals surface area (Å²) < 4.78 is 0. The lowest BCUT2D eigenvalue weighted by molar-refractivity contribution is 1.16. The van der Waals surface area contributed by atoms with Crippen LogP contribution in [0.4, 0.5) is 11.5 Å². The molecule has 0 bridgehead atoms. The van der Waals surface area contributed by atoms with Crippen LogP contribution in [0.2, 0.25) is 0 Å². The molecular formula is C12H7N5. The lowest BCUT2D eigenvalue weighted by atomic mass is 10.2. The van der Waals surface area contributed by atoms with E-state index in [1.165, 1.54) is 12.4 Å². The Hall–Kier alpha value is -2.92. The van der Waals surface area contributed by atoms with Crippen LogP contribution in [0.25, 0.3) is 0 Å². The van der Waals surface area contributed by atoms with Crippen molar-refractivity contribution in [2.75, 3.05) is 5.32 Å². The molecule has 0 aliphatic heterocycles. The van der Waals surface area contributed by atoms with Gasteiger partial charge in [-0.2, -0.15) is 10.5 Å². The molecule has 1 N–H and O–H groups in total. The number of nitriles is 2. The average Bonchev–Trinajstić information content (AvgIpc) is 2.40. The minimum atomic E-state index is 0.195. The van der Waals surface area contributed by atoms with Gasteiger partial charge in [0.15, 0.2) is 11.5 Å². The predicted octanol–water partition coefficient (Wildman–Crippen LogP) is 1.96. The van der Waals surface area contributed by atoms with Crippen molar-refractivity contribution in [1.82, 2.24) is 9.97 Å². The Bertz CT molecular complexity index is 566. The topological polar surface area (TPSA) is 85.4 Å². The molecule has 0 aliphatic rings. The third-order valence-corrected chi connectivity index (χ3v) is 2.10. The number of rotatable bonds is 2. The smallest absolute Gasteiger partial charge is 0.183 e. The van der Waals surface area contributed by atoms with Gasteiger partial charge in [-0.25, -0.2) is 9.97 Å². The number of para-hydroxylation sites is 1. The molecule has 0 fully saturated rings. The molecule has 0 aliphatic carbocycles. The van der Waals surface area contributed by atoms with Gasteiger partial charge in [-0.3, -0.25) is 0 Å². The number of nitrogens with zero attached hydrogens (tertiary/aromatic N) is 4. The van der Waals surface area contributed by atoms with Crippen molar-refractivity contribution in [1.29, 1.82) is 10.5 Å². The van der Waals surface area contributed by atoms with Crippen molar-refractivity contribution in [3.8, 4) is 12.1 Å². The SMILES string of the molecule is N#Cc1ccccc1Nc1nccnc1C#N. The zero-order valence-electron chi connectivity index (χ0n) is 8.75. The van der Waals surface area contributed by atoms with Gasteiger partial charge in [-0.05, 0) is 12.1 Å². The van der Waals surface area contributed by atoms with Crippen molar-refractivity contribution in [3.63, 3.8) is 0 Å². The lowest BCUT2D eigenvalue weighted by Crippen LogP contribution is -1.99. The van der Waals surface area contributed by atoms with E-state index < -0.39 is 0 Å². The largest absolute Gasteiger partial charge is 0.337 e. The Morgan fingerprint density at radius 2 is 1.76 bits per heavy atom. The Kier molecular flexibility index (Phi) is 2.95. The van der Waals surface area contributed by atoms with Crippen LogP contribution in [0.1, 0.15) is 11.3 Å². The van der Waals surface area contributed by atoms with Gasteiger partial charge < -0.3 is 5.32 Å². The van der Waals surface area contributed by atoms with Crippen molar-refractivity contribution < 1.29 is 0 Å². The number of hydrogen-bond donors (Lipinski definition) is 1. The average molecular weight is 221 g/mol.